The highest BCUT2D eigenvalue weighted by Crippen LogP contribution is 2.30. The van der Waals surface area contributed by atoms with Crippen molar-refractivity contribution < 1.29 is 17.9 Å². The van der Waals surface area contributed by atoms with Crippen LogP contribution < -0.4 is 9.46 Å². The molecule has 0 aliphatic carbocycles. The van der Waals surface area contributed by atoms with Crippen LogP contribution in [-0.4, -0.2) is 53.0 Å². The van der Waals surface area contributed by atoms with Gasteiger partial charge in [-0.05, 0) is 43.9 Å². The number of ether oxygens (including phenoxy) is 1. The van der Waals surface area contributed by atoms with Gasteiger partial charge in [-0.15, -0.1) is 0 Å². The van der Waals surface area contributed by atoms with Crippen molar-refractivity contribution in [3.05, 3.63) is 53.3 Å². The molecule has 2 aromatic heterocycles. The Kier molecular flexibility index (Phi) is 5.55. The van der Waals surface area contributed by atoms with Crippen LogP contribution in [0.25, 0.3) is 11.3 Å². The summed E-state index contributed by atoms with van der Waals surface area (Å²) in [6.07, 6.45) is 2.98. The lowest BCUT2D eigenvalue weighted by Gasteiger charge is -2.33. The Balaban J connectivity index is 1.65. The highest BCUT2D eigenvalue weighted by molar-refractivity contribution is 7.92. The van der Waals surface area contributed by atoms with E-state index in [1.807, 2.05) is 32.0 Å². The maximum atomic E-state index is 13.2. The Bertz CT molecular complexity index is 1360. The molecule has 0 spiro atoms. The fraction of sp³-hybridized carbons (Fsp3) is 0.375. The standard InChI is InChI=1S/C24H27N5O4S/c1-15-6-4-7-16(2)23(15)20-12-21-26-24(25-20)27-34(31,32)19-10-17(28(3)14-19)11-22(30)29-9-5-8-18(13-29)33-21/h4,6-7,10,12,14,18H,5,8-9,11,13H2,1-3H3,(H,25,26,27). The van der Waals surface area contributed by atoms with E-state index in [0.29, 0.717) is 24.5 Å². The molecule has 1 N–H and O–H groups in total. The molecule has 1 atom stereocenters. The van der Waals surface area contributed by atoms with Gasteiger partial charge in [0.05, 0.1) is 18.7 Å². The van der Waals surface area contributed by atoms with E-state index in [0.717, 1.165) is 29.5 Å². The lowest BCUT2D eigenvalue weighted by molar-refractivity contribution is -0.133. The van der Waals surface area contributed by atoms with Crippen molar-refractivity contribution in [3.8, 4) is 17.1 Å². The Labute approximate surface area is 198 Å². The number of anilines is 1. The fourth-order valence-corrected chi connectivity index (χ4v) is 5.69. The number of fused-ring (bicyclic) bond motifs is 6. The van der Waals surface area contributed by atoms with E-state index in [-0.39, 0.29) is 35.2 Å². The summed E-state index contributed by atoms with van der Waals surface area (Å²) in [4.78, 5) is 23.7. The number of sulfonamides is 1. The van der Waals surface area contributed by atoms with Crippen molar-refractivity contribution >= 4 is 21.9 Å². The van der Waals surface area contributed by atoms with Gasteiger partial charge in [0, 0.05) is 37.1 Å². The lowest BCUT2D eigenvalue weighted by Crippen LogP contribution is -2.45. The van der Waals surface area contributed by atoms with E-state index in [9.17, 15) is 13.2 Å². The summed E-state index contributed by atoms with van der Waals surface area (Å²) in [5.74, 6) is 0.167. The average Bonchev–Trinajstić information content (AvgIpc) is 3.14. The highest BCUT2D eigenvalue weighted by Gasteiger charge is 2.28. The number of rotatable bonds is 1. The van der Waals surface area contributed by atoms with Crippen molar-refractivity contribution in [1.82, 2.24) is 19.4 Å². The molecule has 1 saturated heterocycles. The summed E-state index contributed by atoms with van der Waals surface area (Å²) in [5.41, 5.74) is 4.11. The number of nitrogens with one attached hydrogen (secondary N) is 1. The van der Waals surface area contributed by atoms with E-state index < -0.39 is 10.0 Å². The molecule has 3 aromatic rings. The van der Waals surface area contributed by atoms with Gasteiger partial charge in [-0.25, -0.2) is 18.1 Å². The third-order valence-corrected chi connectivity index (χ3v) is 7.70. The molecule has 6 bridgehead atoms. The molecule has 1 fully saturated rings. The van der Waals surface area contributed by atoms with Crippen LogP contribution in [0.1, 0.15) is 29.7 Å². The summed E-state index contributed by atoms with van der Waals surface area (Å²) in [7, 11) is -2.24. The summed E-state index contributed by atoms with van der Waals surface area (Å²) in [6, 6.07) is 9.20. The first-order valence-electron chi connectivity index (χ1n) is 11.3. The van der Waals surface area contributed by atoms with Gasteiger partial charge in [0.15, 0.2) is 0 Å². The second-order valence-corrected chi connectivity index (χ2v) is 10.6. The number of nitrogens with zero attached hydrogens (tertiary/aromatic N) is 4. The first kappa shape index (κ1) is 22.4. The van der Waals surface area contributed by atoms with Crippen molar-refractivity contribution in [2.45, 2.75) is 44.1 Å². The number of aryl methyl sites for hydroxylation is 3. The Morgan fingerprint density at radius 3 is 2.68 bits per heavy atom. The number of benzene rings is 1. The zero-order valence-electron chi connectivity index (χ0n) is 19.4. The van der Waals surface area contributed by atoms with E-state index in [1.54, 1.807) is 22.6 Å². The number of hydrogen-bond acceptors (Lipinski definition) is 6. The summed E-state index contributed by atoms with van der Waals surface area (Å²) in [5, 5.41) is 0. The van der Waals surface area contributed by atoms with E-state index >= 15 is 0 Å². The van der Waals surface area contributed by atoms with Crippen molar-refractivity contribution in [1.29, 1.82) is 0 Å². The monoisotopic (exact) mass is 481 g/mol. The van der Waals surface area contributed by atoms with Gasteiger partial charge in [-0.2, -0.15) is 4.98 Å². The maximum absolute atomic E-state index is 13.2. The van der Waals surface area contributed by atoms with Gasteiger partial charge in [0.25, 0.3) is 10.0 Å². The van der Waals surface area contributed by atoms with Gasteiger partial charge in [-0.1, -0.05) is 18.2 Å². The molecule has 9 nitrogen and oxygen atoms in total. The number of carbonyl (C=O) groups excluding carboxylic acids is 1. The van der Waals surface area contributed by atoms with Crippen LogP contribution in [0.5, 0.6) is 5.88 Å². The van der Waals surface area contributed by atoms with Crippen molar-refractivity contribution in [2.75, 3.05) is 17.8 Å². The van der Waals surface area contributed by atoms with Crippen molar-refractivity contribution in [2.24, 2.45) is 7.05 Å². The third kappa shape index (κ3) is 4.25. The quantitative estimate of drug-likeness (QED) is 0.573. The minimum absolute atomic E-state index is 0.0509. The molecule has 1 aromatic carbocycles. The molecular weight excluding hydrogens is 454 g/mol. The number of aromatic nitrogens is 3. The number of hydrogen-bond donors (Lipinski definition) is 1. The second-order valence-electron chi connectivity index (χ2n) is 8.96. The summed E-state index contributed by atoms with van der Waals surface area (Å²) < 4.78 is 36.7. The Hall–Kier alpha value is -3.40. The zero-order chi connectivity index (χ0) is 24.0. The molecule has 178 valence electrons. The molecule has 1 amide bonds. The lowest BCUT2D eigenvalue weighted by atomic mass is 10.00. The molecule has 2 aliphatic rings. The average molecular weight is 482 g/mol. The van der Waals surface area contributed by atoms with Gasteiger partial charge >= 0.3 is 0 Å². The SMILES string of the molecule is Cc1cccc(C)c1-c1cc2nc(n1)NS(=O)(=O)c1cc(n(C)c1)CC(=O)N1CCCC(C1)O2. The summed E-state index contributed by atoms with van der Waals surface area (Å²) in [6.45, 7) is 5.08. The van der Waals surface area contributed by atoms with Gasteiger partial charge < -0.3 is 14.2 Å². The molecule has 10 heteroatoms. The summed E-state index contributed by atoms with van der Waals surface area (Å²) >= 11 is 0. The minimum atomic E-state index is -3.98. The molecule has 0 radical (unpaired) electrons. The predicted octanol–water partition coefficient (Wildman–Crippen LogP) is 2.83. The molecule has 2 aliphatic heterocycles. The molecule has 5 rings (SSSR count). The van der Waals surface area contributed by atoms with Crippen LogP contribution >= 0.6 is 0 Å². The largest absolute Gasteiger partial charge is 0.472 e. The van der Waals surface area contributed by atoms with E-state index in [1.165, 1.54) is 12.3 Å². The van der Waals surface area contributed by atoms with Gasteiger partial charge in [-0.3, -0.25) is 4.79 Å². The first-order valence-corrected chi connectivity index (χ1v) is 12.8. The van der Waals surface area contributed by atoms with Crippen LogP contribution in [0.3, 0.4) is 0 Å². The Morgan fingerprint density at radius 2 is 1.91 bits per heavy atom. The first-order chi connectivity index (χ1) is 16.2. The number of amides is 1. The molecule has 1 unspecified atom stereocenters. The minimum Gasteiger partial charge on any atom is -0.472 e. The van der Waals surface area contributed by atoms with Gasteiger partial charge in [0.2, 0.25) is 17.7 Å². The molecule has 34 heavy (non-hydrogen) atoms. The molecule has 0 saturated carbocycles. The maximum Gasteiger partial charge on any atom is 0.265 e. The van der Waals surface area contributed by atoms with Crippen LogP contribution in [0.2, 0.25) is 0 Å². The smallest absolute Gasteiger partial charge is 0.265 e. The highest BCUT2D eigenvalue weighted by atomic mass is 32.2. The zero-order valence-corrected chi connectivity index (χ0v) is 20.2. The van der Waals surface area contributed by atoms with Crippen molar-refractivity contribution in [3.63, 3.8) is 0 Å². The normalized spacial score (nSPS) is 19.7. The van der Waals surface area contributed by atoms with Gasteiger partial charge in [0.1, 0.15) is 11.0 Å². The Morgan fingerprint density at radius 1 is 1.15 bits per heavy atom. The van der Waals surface area contributed by atoms with Crippen LogP contribution in [0, 0.1) is 13.8 Å². The van der Waals surface area contributed by atoms with E-state index in [4.69, 9.17) is 4.74 Å². The number of carbonyl (C=O) groups is 1. The molecular formula is C24H27N5O4S. The number of piperidine rings is 1. The predicted molar refractivity (Wildman–Crippen MR) is 127 cm³/mol. The molecule has 4 heterocycles. The topological polar surface area (TPSA) is 106 Å². The second kappa shape index (κ2) is 8.43. The van der Waals surface area contributed by atoms with Crippen LogP contribution in [0.4, 0.5) is 5.95 Å². The van der Waals surface area contributed by atoms with Crippen LogP contribution in [0.15, 0.2) is 41.4 Å². The van der Waals surface area contributed by atoms with E-state index in [2.05, 4.69) is 14.7 Å². The van der Waals surface area contributed by atoms with Crippen LogP contribution in [-0.2, 0) is 28.3 Å². The fourth-order valence-electron chi connectivity index (χ4n) is 4.65. The third-order valence-electron chi connectivity index (χ3n) is 6.41.